The summed E-state index contributed by atoms with van der Waals surface area (Å²) in [6.45, 7) is 8.78. The van der Waals surface area contributed by atoms with Crippen molar-refractivity contribution in [2.24, 2.45) is 5.92 Å². The number of carbonyl (C=O) groups is 2. The first-order valence-corrected chi connectivity index (χ1v) is 8.48. The topological polar surface area (TPSA) is 73.5 Å². The van der Waals surface area contributed by atoms with Gasteiger partial charge in [-0.1, -0.05) is 26.7 Å². The van der Waals surface area contributed by atoms with Gasteiger partial charge >= 0.3 is 6.03 Å². The number of amides is 3. The van der Waals surface area contributed by atoms with Gasteiger partial charge in [0.2, 0.25) is 5.91 Å². The van der Waals surface area contributed by atoms with Crippen molar-refractivity contribution >= 4 is 11.9 Å². The second kappa shape index (κ2) is 10.1. The molecule has 1 heterocycles. The van der Waals surface area contributed by atoms with E-state index in [4.69, 9.17) is 6.42 Å². The average molecular weight is 322 g/mol. The molecule has 0 bridgehead atoms. The second-order valence-electron chi connectivity index (χ2n) is 6.41. The van der Waals surface area contributed by atoms with E-state index in [9.17, 15) is 9.59 Å². The predicted octanol–water partition coefficient (Wildman–Crippen LogP) is 0.934. The summed E-state index contributed by atoms with van der Waals surface area (Å²) in [5, 5.41) is 8.67. The largest absolute Gasteiger partial charge is 0.355 e. The highest BCUT2D eigenvalue weighted by molar-refractivity contribution is 5.78. The molecule has 0 unspecified atom stereocenters. The van der Waals surface area contributed by atoms with E-state index < -0.39 is 0 Å². The molecule has 0 spiro atoms. The number of rotatable bonds is 7. The lowest BCUT2D eigenvalue weighted by Crippen LogP contribution is -2.51. The third-order valence-corrected chi connectivity index (χ3v) is 4.00. The summed E-state index contributed by atoms with van der Waals surface area (Å²) in [7, 11) is 0. The first-order chi connectivity index (χ1) is 11.0. The molecule has 1 aliphatic rings. The molecule has 1 saturated heterocycles. The number of piperidine rings is 1. The van der Waals surface area contributed by atoms with Crippen molar-refractivity contribution < 1.29 is 9.59 Å². The monoisotopic (exact) mass is 322 g/mol. The van der Waals surface area contributed by atoms with Crippen LogP contribution in [0.3, 0.4) is 0 Å². The van der Waals surface area contributed by atoms with Crippen LogP contribution in [0.2, 0.25) is 0 Å². The molecule has 1 atom stereocenters. The minimum atomic E-state index is -0.252. The molecule has 1 fully saturated rings. The predicted molar refractivity (Wildman–Crippen MR) is 91.9 cm³/mol. The lowest BCUT2D eigenvalue weighted by Gasteiger charge is -2.32. The molecule has 0 aromatic rings. The molecule has 0 aliphatic carbocycles. The first kappa shape index (κ1) is 19.3. The molecule has 0 radical (unpaired) electrons. The van der Waals surface area contributed by atoms with Crippen LogP contribution >= 0.6 is 0 Å². The molecule has 23 heavy (non-hydrogen) atoms. The Balaban J connectivity index is 2.27. The number of nitrogens with zero attached hydrogens (tertiary/aromatic N) is 1. The Morgan fingerprint density at radius 1 is 1.30 bits per heavy atom. The molecule has 6 nitrogen and oxygen atoms in total. The van der Waals surface area contributed by atoms with Gasteiger partial charge in [0.05, 0.1) is 12.6 Å². The summed E-state index contributed by atoms with van der Waals surface area (Å²) < 4.78 is 0. The zero-order valence-electron chi connectivity index (χ0n) is 14.5. The first-order valence-electron chi connectivity index (χ1n) is 8.48. The number of hydrogen-bond donors (Lipinski definition) is 3. The van der Waals surface area contributed by atoms with Crippen LogP contribution in [0.15, 0.2) is 0 Å². The second-order valence-corrected chi connectivity index (χ2v) is 6.41. The Hall–Kier alpha value is -1.74. The molecular weight excluding hydrogens is 292 g/mol. The Bertz CT molecular complexity index is 423. The lowest BCUT2D eigenvalue weighted by atomic mass is 10.0. The van der Waals surface area contributed by atoms with Crippen molar-refractivity contribution in [3.05, 3.63) is 0 Å². The highest BCUT2D eigenvalue weighted by Gasteiger charge is 2.23. The van der Waals surface area contributed by atoms with E-state index in [2.05, 4.69) is 26.8 Å². The van der Waals surface area contributed by atoms with E-state index in [1.54, 1.807) is 0 Å². The fraction of sp³-hybridized carbons (Fsp3) is 0.765. The van der Waals surface area contributed by atoms with Gasteiger partial charge in [-0.25, -0.2) is 4.79 Å². The molecule has 0 aromatic carbocycles. The minimum absolute atomic E-state index is 0.0739. The molecule has 130 valence electrons. The van der Waals surface area contributed by atoms with Gasteiger partial charge in [0.1, 0.15) is 0 Å². The maximum Gasteiger partial charge on any atom is 0.315 e. The normalized spacial score (nSPS) is 17.3. The van der Waals surface area contributed by atoms with Crippen molar-refractivity contribution in [3.8, 4) is 12.3 Å². The molecule has 1 aliphatic heterocycles. The Morgan fingerprint density at radius 2 is 1.96 bits per heavy atom. The van der Waals surface area contributed by atoms with Gasteiger partial charge in [-0.15, -0.1) is 6.42 Å². The third-order valence-electron chi connectivity index (χ3n) is 4.00. The minimum Gasteiger partial charge on any atom is -0.355 e. The van der Waals surface area contributed by atoms with Gasteiger partial charge in [-0.2, -0.15) is 0 Å². The zero-order chi connectivity index (χ0) is 17.2. The SMILES string of the molecule is C#C[C@H](NC(=O)NC1CCN(CC(=O)NCCC)CC1)C(C)C. The highest BCUT2D eigenvalue weighted by atomic mass is 16.2. The fourth-order valence-corrected chi connectivity index (χ4v) is 2.53. The van der Waals surface area contributed by atoms with Crippen LogP contribution in [0.4, 0.5) is 4.79 Å². The summed E-state index contributed by atoms with van der Waals surface area (Å²) in [5.74, 6) is 2.87. The van der Waals surface area contributed by atoms with Crippen LogP contribution in [0.5, 0.6) is 0 Å². The molecule has 1 rings (SSSR count). The lowest BCUT2D eigenvalue weighted by molar-refractivity contribution is -0.122. The Morgan fingerprint density at radius 3 is 2.48 bits per heavy atom. The number of nitrogens with one attached hydrogen (secondary N) is 3. The van der Waals surface area contributed by atoms with Crippen LogP contribution < -0.4 is 16.0 Å². The van der Waals surface area contributed by atoms with Gasteiger partial charge in [-0.3, -0.25) is 9.69 Å². The molecular formula is C17H30N4O2. The average Bonchev–Trinajstić information content (AvgIpc) is 2.52. The summed E-state index contributed by atoms with van der Waals surface area (Å²) in [6, 6.07) is -0.325. The Labute approximate surface area is 139 Å². The molecule has 0 aromatic heterocycles. The van der Waals surface area contributed by atoms with Crippen LogP contribution in [-0.4, -0.2) is 55.1 Å². The third kappa shape index (κ3) is 7.38. The highest BCUT2D eigenvalue weighted by Crippen LogP contribution is 2.10. The summed E-state index contributed by atoms with van der Waals surface area (Å²) in [4.78, 5) is 25.8. The van der Waals surface area contributed by atoms with E-state index in [1.807, 2.05) is 20.8 Å². The van der Waals surface area contributed by atoms with Crippen LogP contribution in [0.1, 0.15) is 40.0 Å². The summed E-state index contributed by atoms with van der Waals surface area (Å²) in [5.41, 5.74) is 0. The maximum absolute atomic E-state index is 12.0. The van der Waals surface area contributed by atoms with Crippen molar-refractivity contribution in [1.82, 2.24) is 20.9 Å². The van der Waals surface area contributed by atoms with E-state index >= 15 is 0 Å². The molecule has 6 heteroatoms. The van der Waals surface area contributed by atoms with Crippen molar-refractivity contribution in [1.29, 1.82) is 0 Å². The summed E-state index contributed by atoms with van der Waals surface area (Å²) >= 11 is 0. The zero-order valence-corrected chi connectivity index (χ0v) is 14.5. The van der Waals surface area contributed by atoms with Crippen LogP contribution in [0, 0.1) is 18.3 Å². The van der Waals surface area contributed by atoms with Crippen LogP contribution in [0.25, 0.3) is 0 Å². The van der Waals surface area contributed by atoms with E-state index in [1.165, 1.54) is 0 Å². The quantitative estimate of drug-likeness (QED) is 0.611. The number of carbonyl (C=O) groups excluding carboxylic acids is 2. The van der Waals surface area contributed by atoms with E-state index in [-0.39, 0.29) is 29.9 Å². The molecule has 0 saturated carbocycles. The molecule has 3 N–H and O–H groups in total. The van der Waals surface area contributed by atoms with Crippen molar-refractivity contribution in [2.45, 2.75) is 52.1 Å². The Kier molecular flexibility index (Phi) is 8.49. The van der Waals surface area contributed by atoms with Gasteiger partial charge in [0.15, 0.2) is 0 Å². The van der Waals surface area contributed by atoms with Gasteiger partial charge in [0.25, 0.3) is 0 Å². The van der Waals surface area contributed by atoms with E-state index in [0.29, 0.717) is 6.54 Å². The number of urea groups is 1. The van der Waals surface area contributed by atoms with E-state index in [0.717, 1.165) is 38.9 Å². The van der Waals surface area contributed by atoms with Gasteiger partial charge in [-0.05, 0) is 25.2 Å². The van der Waals surface area contributed by atoms with Gasteiger partial charge in [0, 0.05) is 25.7 Å². The van der Waals surface area contributed by atoms with Gasteiger partial charge < -0.3 is 16.0 Å². The van der Waals surface area contributed by atoms with Crippen LogP contribution in [-0.2, 0) is 4.79 Å². The standard InChI is InChI=1S/C17H30N4O2/c1-5-9-18-16(22)12-21-10-7-14(8-11-21)19-17(23)20-15(6-2)13(3)4/h2,13-15H,5,7-12H2,1,3-4H3,(H,18,22)(H2,19,20,23)/t15-/m0/s1. The molecule has 3 amide bonds. The maximum atomic E-state index is 12.0. The smallest absolute Gasteiger partial charge is 0.315 e. The van der Waals surface area contributed by atoms with Crippen molar-refractivity contribution in [2.75, 3.05) is 26.2 Å². The number of hydrogen-bond acceptors (Lipinski definition) is 3. The number of likely N-dealkylation sites (tertiary alicyclic amines) is 1. The number of terminal acetylenes is 1. The summed E-state index contributed by atoms with van der Waals surface area (Å²) in [6.07, 6.45) is 8.05. The fourth-order valence-electron chi connectivity index (χ4n) is 2.53. The van der Waals surface area contributed by atoms with Crippen molar-refractivity contribution in [3.63, 3.8) is 0 Å².